The third-order valence-electron chi connectivity index (χ3n) is 7.85. The molecule has 0 aliphatic rings. The molecule has 2 N–H and O–H groups in total. The van der Waals surface area contributed by atoms with E-state index < -0.39 is 44.6 Å². The molecular weight excluding hydrogens is 630 g/mol. The summed E-state index contributed by atoms with van der Waals surface area (Å²) >= 11 is 0. The van der Waals surface area contributed by atoms with Crippen LogP contribution in [-0.4, -0.2) is 89.7 Å². The first-order valence-corrected chi connectivity index (χ1v) is 20.3. The van der Waals surface area contributed by atoms with Gasteiger partial charge in [-0.25, -0.2) is 19.7 Å². The van der Waals surface area contributed by atoms with Crippen LogP contribution >= 0.6 is 10.0 Å². The standard InChI is InChI=1S/C32H50FN7O4S2/c1-9-22(2)11-10-12-26(35-32(42)27-15-16-34-39(27)17-19-45(5)43)31(41)37-28-14-13-25(30(33)36-28)29-23(3)38-40(24(29)4)21-44-18-20-46(6,7)8/h13-16,22,26H,9-12,17-21H2,1-8H3,(H,35,42)(H,36,37,41)/t22-,26+,45?/m1/s1. The predicted octanol–water partition coefficient (Wildman–Crippen LogP) is 4.90. The Bertz CT molecular complexity index is 1500. The third kappa shape index (κ3) is 11.0. The topological polar surface area (TPSA) is 133 Å². The Kier molecular flexibility index (Phi) is 13.9. The van der Waals surface area contributed by atoms with Gasteiger partial charge in [0.05, 0.1) is 18.8 Å². The maximum atomic E-state index is 15.5. The maximum Gasteiger partial charge on any atom is 0.270 e. The zero-order chi connectivity index (χ0) is 34.0. The molecule has 0 aliphatic heterocycles. The summed E-state index contributed by atoms with van der Waals surface area (Å²) in [6.45, 7) is 9.14. The Labute approximate surface area is 276 Å². The Balaban J connectivity index is 1.74. The van der Waals surface area contributed by atoms with Crippen molar-refractivity contribution < 1.29 is 22.9 Å². The number of aromatic nitrogens is 5. The molecular formula is C32H50FN7O4S2. The van der Waals surface area contributed by atoms with Crippen molar-refractivity contribution in [3.63, 3.8) is 0 Å². The molecule has 0 saturated carbocycles. The minimum Gasteiger partial charge on any atom is -0.358 e. The number of hydrogen-bond acceptors (Lipinski definition) is 7. The summed E-state index contributed by atoms with van der Waals surface area (Å²) in [6, 6.07) is 3.80. The quantitative estimate of drug-likeness (QED) is 0.144. The molecule has 3 atom stereocenters. The van der Waals surface area contributed by atoms with Crippen molar-refractivity contribution in [2.24, 2.45) is 5.92 Å². The molecule has 2 amide bonds. The molecule has 11 nitrogen and oxygen atoms in total. The second kappa shape index (κ2) is 17.2. The van der Waals surface area contributed by atoms with Crippen LogP contribution in [0.1, 0.15) is 61.4 Å². The number of ether oxygens (including phenoxy) is 1. The first-order chi connectivity index (χ1) is 21.7. The molecule has 3 rings (SSSR count). The van der Waals surface area contributed by atoms with Crippen molar-refractivity contribution >= 4 is 38.5 Å². The van der Waals surface area contributed by atoms with E-state index in [-0.39, 0.29) is 23.8 Å². The van der Waals surface area contributed by atoms with Crippen LogP contribution < -0.4 is 10.6 Å². The lowest BCUT2D eigenvalue weighted by Crippen LogP contribution is -2.44. The normalized spacial score (nSPS) is 14.1. The average molecular weight is 680 g/mol. The van der Waals surface area contributed by atoms with Gasteiger partial charge in [-0.15, -0.1) is 0 Å². The van der Waals surface area contributed by atoms with Gasteiger partial charge in [0.1, 0.15) is 24.3 Å². The molecule has 0 spiro atoms. The van der Waals surface area contributed by atoms with Gasteiger partial charge >= 0.3 is 0 Å². The molecule has 0 saturated heterocycles. The molecule has 0 radical (unpaired) electrons. The molecule has 14 heteroatoms. The highest BCUT2D eigenvalue weighted by Gasteiger charge is 2.25. The summed E-state index contributed by atoms with van der Waals surface area (Å²) in [7, 11) is -1.72. The first kappa shape index (κ1) is 37.4. The van der Waals surface area contributed by atoms with Gasteiger partial charge < -0.3 is 15.4 Å². The minimum atomic E-state index is -1.05. The minimum absolute atomic E-state index is 0.0404. The summed E-state index contributed by atoms with van der Waals surface area (Å²) in [5.41, 5.74) is 2.58. The Morgan fingerprint density at radius 2 is 1.87 bits per heavy atom. The van der Waals surface area contributed by atoms with Crippen molar-refractivity contribution in [2.75, 3.05) is 48.5 Å². The molecule has 3 aromatic rings. The summed E-state index contributed by atoms with van der Waals surface area (Å²) in [6.07, 6.45) is 12.8. The lowest BCUT2D eigenvalue weighted by atomic mass is 9.99. The molecule has 0 aromatic carbocycles. The number of amides is 2. The van der Waals surface area contributed by atoms with Gasteiger partial charge in [0.25, 0.3) is 5.91 Å². The number of hydrogen-bond donors (Lipinski definition) is 2. The van der Waals surface area contributed by atoms with Crippen molar-refractivity contribution in [3.8, 4) is 11.1 Å². The van der Waals surface area contributed by atoms with Crippen LogP contribution in [0.3, 0.4) is 0 Å². The van der Waals surface area contributed by atoms with Gasteiger partial charge in [-0.2, -0.15) is 14.6 Å². The highest BCUT2D eigenvalue weighted by molar-refractivity contribution is 8.32. The Hall–Kier alpha value is -3.10. The number of anilines is 1. The predicted molar refractivity (Wildman–Crippen MR) is 185 cm³/mol. The SMILES string of the molecule is CC[C@@H](C)CCC[C@H](NC(=O)c1ccnn1CCS(C)=O)C(=O)Nc1ccc(-c2c(C)nn(COCCS(C)(C)C)c2C)c(F)n1. The first-order valence-electron chi connectivity index (χ1n) is 15.6. The fourth-order valence-electron chi connectivity index (χ4n) is 4.87. The zero-order valence-corrected chi connectivity index (χ0v) is 30.0. The molecule has 1 unspecified atom stereocenters. The molecule has 3 aromatic heterocycles. The molecule has 46 heavy (non-hydrogen) atoms. The van der Waals surface area contributed by atoms with Crippen molar-refractivity contribution in [1.29, 1.82) is 0 Å². The van der Waals surface area contributed by atoms with Crippen LogP contribution in [0.2, 0.25) is 0 Å². The van der Waals surface area contributed by atoms with E-state index in [0.717, 1.165) is 24.3 Å². The largest absolute Gasteiger partial charge is 0.358 e. The van der Waals surface area contributed by atoms with E-state index in [4.69, 9.17) is 4.74 Å². The number of aryl methyl sites for hydroxylation is 2. The number of nitrogens with zero attached hydrogens (tertiary/aromatic N) is 5. The van der Waals surface area contributed by atoms with Crippen LogP contribution in [0.15, 0.2) is 24.4 Å². The molecule has 3 heterocycles. The zero-order valence-electron chi connectivity index (χ0n) is 28.4. The van der Waals surface area contributed by atoms with E-state index in [9.17, 15) is 13.8 Å². The van der Waals surface area contributed by atoms with Crippen molar-refractivity contribution in [3.05, 3.63) is 47.4 Å². The number of carbonyl (C=O) groups excluding carboxylic acids is 2. The van der Waals surface area contributed by atoms with E-state index in [1.807, 2.05) is 13.8 Å². The van der Waals surface area contributed by atoms with Gasteiger partial charge in [0.2, 0.25) is 11.9 Å². The highest BCUT2D eigenvalue weighted by Crippen LogP contribution is 2.34. The summed E-state index contributed by atoms with van der Waals surface area (Å²) < 4.78 is 36.1. The van der Waals surface area contributed by atoms with E-state index >= 15 is 4.39 Å². The number of carbonyl (C=O) groups is 2. The number of rotatable bonds is 18. The molecule has 256 valence electrons. The Morgan fingerprint density at radius 3 is 2.52 bits per heavy atom. The highest BCUT2D eigenvalue weighted by atomic mass is 32.3. The van der Waals surface area contributed by atoms with E-state index in [1.165, 1.54) is 10.9 Å². The van der Waals surface area contributed by atoms with Gasteiger partial charge in [0.15, 0.2) is 0 Å². The summed E-state index contributed by atoms with van der Waals surface area (Å²) in [4.78, 5) is 30.7. The van der Waals surface area contributed by atoms with Crippen LogP contribution in [-0.2, 0) is 33.6 Å². The second-order valence-electron chi connectivity index (χ2n) is 12.6. The van der Waals surface area contributed by atoms with Crippen molar-refractivity contribution in [1.82, 2.24) is 29.9 Å². The molecule has 0 bridgehead atoms. The smallest absolute Gasteiger partial charge is 0.270 e. The summed E-state index contributed by atoms with van der Waals surface area (Å²) in [5.74, 6) is 0.150. The number of halogens is 1. The molecule has 0 fully saturated rings. The second-order valence-corrected chi connectivity index (χ2v) is 18.7. The van der Waals surface area contributed by atoms with Gasteiger partial charge in [-0.1, -0.05) is 33.1 Å². The number of pyridine rings is 1. The fourth-order valence-corrected chi connectivity index (χ4v) is 5.92. The van der Waals surface area contributed by atoms with E-state index in [2.05, 4.69) is 58.4 Å². The van der Waals surface area contributed by atoms with Gasteiger partial charge in [0, 0.05) is 51.6 Å². The van der Waals surface area contributed by atoms with E-state index in [1.54, 1.807) is 29.1 Å². The fraction of sp³-hybridized carbons (Fsp3) is 0.594. The van der Waals surface area contributed by atoms with Crippen LogP contribution in [0.25, 0.3) is 11.1 Å². The lowest BCUT2D eigenvalue weighted by Gasteiger charge is -2.24. The summed E-state index contributed by atoms with van der Waals surface area (Å²) in [5, 5.41) is 14.2. The van der Waals surface area contributed by atoms with E-state index in [0.29, 0.717) is 48.9 Å². The van der Waals surface area contributed by atoms with Crippen LogP contribution in [0.5, 0.6) is 0 Å². The van der Waals surface area contributed by atoms with Crippen LogP contribution in [0, 0.1) is 25.7 Å². The monoisotopic (exact) mass is 679 g/mol. The van der Waals surface area contributed by atoms with Gasteiger partial charge in [-0.3, -0.25) is 18.5 Å². The lowest BCUT2D eigenvalue weighted by molar-refractivity contribution is -0.118. The average Bonchev–Trinajstić information content (AvgIpc) is 3.56. The molecule has 0 aliphatic carbocycles. The Morgan fingerprint density at radius 1 is 1.13 bits per heavy atom. The van der Waals surface area contributed by atoms with Gasteiger partial charge in [-0.05, 0) is 63.2 Å². The van der Waals surface area contributed by atoms with Crippen molar-refractivity contribution in [2.45, 2.75) is 72.7 Å². The maximum absolute atomic E-state index is 15.5. The number of nitrogens with one attached hydrogen (secondary N) is 2. The third-order valence-corrected chi connectivity index (χ3v) is 10.0. The van der Waals surface area contributed by atoms with Crippen LogP contribution in [0.4, 0.5) is 10.2 Å².